The maximum absolute atomic E-state index is 14.1. The molecule has 0 aliphatic carbocycles. The highest BCUT2D eigenvalue weighted by molar-refractivity contribution is 5.72. The summed E-state index contributed by atoms with van der Waals surface area (Å²) >= 11 is 0. The van der Waals surface area contributed by atoms with Crippen LogP contribution in [-0.4, -0.2) is 11.1 Å². The number of carboxylic acids is 1. The number of carbonyl (C=O) groups is 1. The molecule has 0 aliphatic heterocycles. The molecule has 0 aromatic heterocycles. The Morgan fingerprint density at radius 3 is 2.32 bits per heavy atom. The van der Waals surface area contributed by atoms with Crippen molar-refractivity contribution in [1.29, 1.82) is 0 Å². The SMILES string of the molecule is O=C(O)Cc1ccc(F)c(-c2ccc(OCc3ccccc3)cc2)c1. The van der Waals surface area contributed by atoms with Crippen molar-refractivity contribution >= 4 is 5.97 Å². The number of benzene rings is 3. The lowest BCUT2D eigenvalue weighted by atomic mass is 10.0. The third-order valence-corrected chi connectivity index (χ3v) is 3.80. The first-order valence-electron chi connectivity index (χ1n) is 7.89. The molecular weight excluding hydrogens is 319 g/mol. The Morgan fingerprint density at radius 2 is 1.64 bits per heavy atom. The molecule has 4 heteroatoms. The standard InChI is InChI=1S/C21H17FO3/c22-20-11-6-16(13-21(23)24)12-19(20)17-7-9-18(10-8-17)25-14-15-4-2-1-3-5-15/h1-12H,13-14H2,(H,23,24). The first-order valence-corrected chi connectivity index (χ1v) is 7.89. The summed E-state index contributed by atoms with van der Waals surface area (Å²) in [6.07, 6.45) is -0.133. The smallest absolute Gasteiger partial charge is 0.307 e. The van der Waals surface area contributed by atoms with Crippen molar-refractivity contribution in [2.24, 2.45) is 0 Å². The molecule has 0 atom stereocenters. The molecule has 3 rings (SSSR count). The number of halogens is 1. The zero-order chi connectivity index (χ0) is 17.6. The van der Waals surface area contributed by atoms with Crippen LogP contribution in [0.3, 0.4) is 0 Å². The third-order valence-electron chi connectivity index (χ3n) is 3.80. The molecule has 0 fully saturated rings. The molecule has 0 amide bonds. The summed E-state index contributed by atoms with van der Waals surface area (Å²) in [7, 11) is 0. The van der Waals surface area contributed by atoms with Crippen molar-refractivity contribution in [3.8, 4) is 16.9 Å². The van der Waals surface area contributed by atoms with E-state index < -0.39 is 5.97 Å². The van der Waals surface area contributed by atoms with Crippen LogP contribution in [0.4, 0.5) is 4.39 Å². The zero-order valence-electron chi connectivity index (χ0n) is 13.5. The minimum atomic E-state index is -0.942. The molecule has 0 saturated carbocycles. The van der Waals surface area contributed by atoms with E-state index in [4.69, 9.17) is 9.84 Å². The van der Waals surface area contributed by atoms with E-state index in [0.29, 0.717) is 29.0 Å². The molecule has 25 heavy (non-hydrogen) atoms. The summed E-state index contributed by atoms with van der Waals surface area (Å²) in [5, 5.41) is 8.88. The van der Waals surface area contributed by atoms with E-state index in [2.05, 4.69) is 0 Å². The van der Waals surface area contributed by atoms with Crippen LogP contribution in [0.25, 0.3) is 11.1 Å². The van der Waals surface area contributed by atoms with Crippen molar-refractivity contribution in [2.45, 2.75) is 13.0 Å². The quantitative estimate of drug-likeness (QED) is 0.710. The van der Waals surface area contributed by atoms with E-state index in [1.165, 1.54) is 12.1 Å². The van der Waals surface area contributed by atoms with Gasteiger partial charge in [-0.15, -0.1) is 0 Å². The van der Waals surface area contributed by atoms with Crippen LogP contribution in [0.1, 0.15) is 11.1 Å². The largest absolute Gasteiger partial charge is 0.489 e. The second-order valence-corrected chi connectivity index (χ2v) is 5.68. The number of hydrogen-bond donors (Lipinski definition) is 1. The average Bonchev–Trinajstić information content (AvgIpc) is 2.63. The van der Waals surface area contributed by atoms with E-state index >= 15 is 0 Å². The minimum Gasteiger partial charge on any atom is -0.489 e. The summed E-state index contributed by atoms with van der Waals surface area (Å²) in [6.45, 7) is 0.461. The van der Waals surface area contributed by atoms with Crippen molar-refractivity contribution < 1.29 is 19.0 Å². The number of aliphatic carboxylic acids is 1. The lowest BCUT2D eigenvalue weighted by molar-refractivity contribution is -0.136. The van der Waals surface area contributed by atoms with E-state index in [0.717, 1.165) is 5.56 Å². The van der Waals surface area contributed by atoms with Crippen LogP contribution >= 0.6 is 0 Å². The molecule has 0 bridgehead atoms. The van der Waals surface area contributed by atoms with Gasteiger partial charge in [0.2, 0.25) is 0 Å². The highest BCUT2D eigenvalue weighted by Gasteiger charge is 2.09. The van der Waals surface area contributed by atoms with Gasteiger partial charge in [0, 0.05) is 5.56 Å². The van der Waals surface area contributed by atoms with Crippen LogP contribution in [0.2, 0.25) is 0 Å². The molecule has 0 unspecified atom stereocenters. The second-order valence-electron chi connectivity index (χ2n) is 5.68. The van der Waals surface area contributed by atoms with E-state index in [1.54, 1.807) is 30.3 Å². The molecule has 126 valence electrons. The summed E-state index contributed by atoms with van der Waals surface area (Å²) in [6, 6.07) is 21.3. The fourth-order valence-electron chi connectivity index (χ4n) is 2.55. The van der Waals surface area contributed by atoms with Gasteiger partial charge in [0.25, 0.3) is 0 Å². The zero-order valence-corrected chi connectivity index (χ0v) is 13.5. The summed E-state index contributed by atoms with van der Waals surface area (Å²) < 4.78 is 19.8. The van der Waals surface area contributed by atoms with E-state index in [1.807, 2.05) is 30.3 Å². The summed E-state index contributed by atoms with van der Waals surface area (Å²) in [5.41, 5.74) is 2.69. The van der Waals surface area contributed by atoms with Gasteiger partial charge in [-0.2, -0.15) is 0 Å². The van der Waals surface area contributed by atoms with Crippen molar-refractivity contribution in [3.05, 3.63) is 89.7 Å². The molecular formula is C21H17FO3. The Hall–Kier alpha value is -3.14. The first-order chi connectivity index (χ1) is 12.1. The minimum absolute atomic E-state index is 0.133. The van der Waals surface area contributed by atoms with Gasteiger partial charge < -0.3 is 9.84 Å². The fourth-order valence-corrected chi connectivity index (χ4v) is 2.55. The monoisotopic (exact) mass is 336 g/mol. The molecule has 1 N–H and O–H groups in total. The van der Waals surface area contributed by atoms with Gasteiger partial charge in [-0.25, -0.2) is 4.39 Å². The van der Waals surface area contributed by atoms with Gasteiger partial charge in [0.05, 0.1) is 6.42 Å². The fraction of sp³-hybridized carbons (Fsp3) is 0.0952. The van der Waals surface area contributed by atoms with Crippen molar-refractivity contribution in [1.82, 2.24) is 0 Å². The van der Waals surface area contributed by atoms with Crippen LogP contribution in [0.5, 0.6) is 5.75 Å². The number of rotatable bonds is 6. The summed E-state index contributed by atoms with van der Waals surface area (Å²) in [5.74, 6) is -0.635. The van der Waals surface area contributed by atoms with Crippen LogP contribution in [-0.2, 0) is 17.8 Å². The predicted molar refractivity (Wildman–Crippen MR) is 93.9 cm³/mol. The average molecular weight is 336 g/mol. The lowest BCUT2D eigenvalue weighted by Gasteiger charge is -2.09. The van der Waals surface area contributed by atoms with Crippen LogP contribution in [0.15, 0.2) is 72.8 Å². The van der Waals surface area contributed by atoms with Gasteiger partial charge >= 0.3 is 5.97 Å². The number of hydrogen-bond acceptors (Lipinski definition) is 2. The van der Waals surface area contributed by atoms with Crippen LogP contribution < -0.4 is 4.74 Å². The molecule has 0 aliphatic rings. The predicted octanol–water partition coefficient (Wildman–Crippen LogP) is 4.70. The van der Waals surface area contributed by atoms with Gasteiger partial charge in [-0.3, -0.25) is 4.79 Å². The number of ether oxygens (including phenoxy) is 1. The third kappa shape index (κ3) is 4.44. The Balaban J connectivity index is 1.74. The Labute approximate surface area is 145 Å². The molecule has 3 aromatic carbocycles. The first kappa shape index (κ1) is 16.7. The van der Waals surface area contributed by atoms with Gasteiger partial charge in [-0.1, -0.05) is 48.5 Å². The van der Waals surface area contributed by atoms with Gasteiger partial charge in [0.15, 0.2) is 0 Å². The Morgan fingerprint density at radius 1 is 0.920 bits per heavy atom. The van der Waals surface area contributed by atoms with E-state index in [9.17, 15) is 9.18 Å². The Bertz CT molecular complexity index is 858. The maximum Gasteiger partial charge on any atom is 0.307 e. The highest BCUT2D eigenvalue weighted by atomic mass is 19.1. The number of carboxylic acid groups (broad SMARTS) is 1. The molecule has 0 heterocycles. The van der Waals surface area contributed by atoms with Gasteiger partial charge in [-0.05, 0) is 41.0 Å². The molecule has 0 spiro atoms. The molecule has 0 saturated heterocycles. The Kier molecular flexibility index (Phi) is 5.09. The van der Waals surface area contributed by atoms with Crippen molar-refractivity contribution in [2.75, 3.05) is 0 Å². The lowest BCUT2D eigenvalue weighted by Crippen LogP contribution is -2.00. The topological polar surface area (TPSA) is 46.5 Å². The van der Waals surface area contributed by atoms with Gasteiger partial charge in [0.1, 0.15) is 18.2 Å². The second kappa shape index (κ2) is 7.62. The van der Waals surface area contributed by atoms with E-state index in [-0.39, 0.29) is 12.2 Å². The van der Waals surface area contributed by atoms with Crippen molar-refractivity contribution in [3.63, 3.8) is 0 Å². The van der Waals surface area contributed by atoms with Crippen LogP contribution in [0, 0.1) is 5.82 Å². The highest BCUT2D eigenvalue weighted by Crippen LogP contribution is 2.26. The molecule has 3 nitrogen and oxygen atoms in total. The maximum atomic E-state index is 14.1. The normalized spacial score (nSPS) is 10.4. The summed E-state index contributed by atoms with van der Waals surface area (Å²) in [4.78, 5) is 10.8. The molecule has 3 aromatic rings. The molecule has 0 radical (unpaired) electrons.